The van der Waals surface area contributed by atoms with E-state index in [1.165, 1.54) is 31.6 Å². The van der Waals surface area contributed by atoms with Crippen LogP contribution in [0.5, 0.6) is 0 Å². The summed E-state index contributed by atoms with van der Waals surface area (Å²) in [5, 5.41) is 0. The van der Waals surface area contributed by atoms with Gasteiger partial charge in [0.1, 0.15) is 0 Å². The molecule has 0 saturated carbocycles. The van der Waals surface area contributed by atoms with Gasteiger partial charge in [0, 0.05) is 18.8 Å². The van der Waals surface area contributed by atoms with Crippen LogP contribution in [0.1, 0.15) is 19.8 Å². The highest BCUT2D eigenvalue weighted by Gasteiger charge is 2.15. The number of benzene rings is 1. The van der Waals surface area contributed by atoms with Gasteiger partial charge in [-0.1, -0.05) is 25.1 Å². The van der Waals surface area contributed by atoms with Crippen LogP contribution in [0.3, 0.4) is 0 Å². The molecule has 1 aliphatic rings. The second-order valence-electron chi connectivity index (χ2n) is 4.01. The maximum atomic E-state index is 2.49. The number of para-hydroxylation sites is 1. The summed E-state index contributed by atoms with van der Waals surface area (Å²) in [6, 6.07) is 10.7. The number of anilines is 1. The first kappa shape index (κ1) is 11.1. The Morgan fingerprint density at radius 2 is 1.64 bits per heavy atom. The molecule has 2 heteroatoms. The van der Waals surface area contributed by atoms with E-state index in [1.54, 1.807) is 0 Å². The Morgan fingerprint density at radius 1 is 1.07 bits per heavy atom. The molecule has 1 aliphatic heterocycles. The monoisotopic (exact) mass is 192 g/mol. The summed E-state index contributed by atoms with van der Waals surface area (Å²) in [6.07, 6.45) is 2.68. The van der Waals surface area contributed by atoms with E-state index in [0.717, 1.165) is 5.92 Å². The van der Waals surface area contributed by atoms with E-state index in [2.05, 4.69) is 42.2 Å². The van der Waals surface area contributed by atoms with Crippen LogP contribution < -0.4 is 11.1 Å². The first-order valence-electron chi connectivity index (χ1n) is 5.16. The topological polar surface area (TPSA) is 38.2 Å². The van der Waals surface area contributed by atoms with Gasteiger partial charge < -0.3 is 11.1 Å². The molecule has 78 valence electrons. The first-order valence-corrected chi connectivity index (χ1v) is 5.16. The Balaban J connectivity index is 0.000000980. The molecule has 1 aromatic carbocycles. The predicted molar refractivity (Wildman–Crippen MR) is 62.1 cm³/mol. The summed E-state index contributed by atoms with van der Waals surface area (Å²) in [6.45, 7) is 4.80. The zero-order chi connectivity index (χ0) is 9.10. The lowest BCUT2D eigenvalue weighted by Crippen LogP contribution is -2.32. The van der Waals surface area contributed by atoms with Crippen LogP contribution in [-0.4, -0.2) is 13.1 Å². The number of nitrogens with zero attached hydrogens (tertiary/aromatic N) is 1. The van der Waals surface area contributed by atoms with E-state index in [1.807, 2.05) is 0 Å². The summed E-state index contributed by atoms with van der Waals surface area (Å²) in [5.74, 6) is 0.917. The molecule has 1 heterocycles. The molecule has 1 aromatic rings. The van der Waals surface area contributed by atoms with Gasteiger partial charge in [0.25, 0.3) is 0 Å². The Kier molecular flexibility index (Phi) is 3.96. The fourth-order valence-corrected chi connectivity index (χ4v) is 1.91. The second kappa shape index (κ2) is 5.01. The Bertz CT molecular complexity index is 250. The maximum absolute atomic E-state index is 2.49. The lowest BCUT2D eigenvalue weighted by molar-refractivity contribution is 0.438. The summed E-state index contributed by atoms with van der Waals surface area (Å²) >= 11 is 0. The summed E-state index contributed by atoms with van der Waals surface area (Å²) in [5.41, 5.74) is 1.38. The second-order valence-corrected chi connectivity index (χ2v) is 4.01. The molecule has 14 heavy (non-hydrogen) atoms. The number of rotatable bonds is 1. The fraction of sp³-hybridized carbons (Fsp3) is 0.500. The van der Waals surface area contributed by atoms with E-state index in [9.17, 15) is 0 Å². The van der Waals surface area contributed by atoms with Gasteiger partial charge in [-0.05, 0) is 30.9 Å². The molecule has 2 nitrogen and oxygen atoms in total. The summed E-state index contributed by atoms with van der Waals surface area (Å²) < 4.78 is 0. The molecule has 0 aliphatic carbocycles. The van der Waals surface area contributed by atoms with Gasteiger partial charge >= 0.3 is 0 Å². The molecule has 1 saturated heterocycles. The van der Waals surface area contributed by atoms with Crippen LogP contribution in [0.15, 0.2) is 30.3 Å². The van der Waals surface area contributed by atoms with Crippen molar-refractivity contribution < 1.29 is 0 Å². The van der Waals surface area contributed by atoms with Gasteiger partial charge in [-0.2, -0.15) is 0 Å². The van der Waals surface area contributed by atoms with Crippen LogP contribution >= 0.6 is 0 Å². The Hall–Kier alpha value is -1.02. The highest BCUT2D eigenvalue weighted by molar-refractivity contribution is 5.46. The van der Waals surface area contributed by atoms with Crippen molar-refractivity contribution in [3.8, 4) is 0 Å². The standard InChI is InChI=1S/C12H17N.H3N/c1-11-7-9-13(10-8-11)12-5-3-2-4-6-12;/h2-6,11H,7-10H2,1H3;1H3. The third-order valence-electron chi connectivity index (χ3n) is 2.90. The normalized spacial score (nSPS) is 17.6. The molecule has 0 radical (unpaired) electrons. The van der Waals surface area contributed by atoms with Crippen molar-refractivity contribution in [2.24, 2.45) is 5.92 Å². The number of hydrogen-bond donors (Lipinski definition) is 1. The third-order valence-corrected chi connectivity index (χ3v) is 2.90. The molecule has 0 unspecified atom stereocenters. The van der Waals surface area contributed by atoms with Crippen LogP contribution in [0.25, 0.3) is 0 Å². The van der Waals surface area contributed by atoms with Crippen molar-refractivity contribution in [3.05, 3.63) is 30.3 Å². The predicted octanol–water partition coefficient (Wildman–Crippen LogP) is 3.08. The third kappa shape index (κ3) is 2.48. The van der Waals surface area contributed by atoms with Gasteiger partial charge in [0.2, 0.25) is 0 Å². The largest absolute Gasteiger partial charge is 0.372 e. The first-order chi connectivity index (χ1) is 6.36. The minimum atomic E-state index is 0. The molecule has 0 bridgehead atoms. The lowest BCUT2D eigenvalue weighted by atomic mass is 9.99. The molecule has 0 amide bonds. The maximum Gasteiger partial charge on any atom is 0.0366 e. The van der Waals surface area contributed by atoms with E-state index >= 15 is 0 Å². The number of hydrogen-bond acceptors (Lipinski definition) is 2. The highest BCUT2D eigenvalue weighted by atomic mass is 15.1. The zero-order valence-electron chi connectivity index (χ0n) is 8.95. The van der Waals surface area contributed by atoms with Crippen molar-refractivity contribution in [2.45, 2.75) is 19.8 Å². The Labute approximate surface area is 86.5 Å². The average molecular weight is 192 g/mol. The fourth-order valence-electron chi connectivity index (χ4n) is 1.91. The molecule has 1 fully saturated rings. The summed E-state index contributed by atoms with van der Waals surface area (Å²) in [7, 11) is 0. The lowest BCUT2D eigenvalue weighted by Gasteiger charge is -2.32. The van der Waals surface area contributed by atoms with Crippen molar-refractivity contribution in [2.75, 3.05) is 18.0 Å². The van der Waals surface area contributed by atoms with E-state index in [0.29, 0.717) is 0 Å². The summed E-state index contributed by atoms with van der Waals surface area (Å²) in [4.78, 5) is 2.49. The van der Waals surface area contributed by atoms with Gasteiger partial charge in [-0.3, -0.25) is 0 Å². The van der Waals surface area contributed by atoms with Crippen LogP contribution in [0.4, 0.5) is 5.69 Å². The molecule has 0 aromatic heterocycles. The van der Waals surface area contributed by atoms with Crippen LogP contribution in [0.2, 0.25) is 0 Å². The van der Waals surface area contributed by atoms with Gasteiger partial charge in [0.05, 0.1) is 0 Å². The SMILES string of the molecule is CC1CCN(c2ccccc2)CC1.N. The van der Waals surface area contributed by atoms with Gasteiger partial charge in [-0.25, -0.2) is 0 Å². The number of piperidine rings is 1. The quantitative estimate of drug-likeness (QED) is 0.742. The van der Waals surface area contributed by atoms with Crippen molar-refractivity contribution in [3.63, 3.8) is 0 Å². The molecular formula is C12H20N2. The minimum absolute atomic E-state index is 0. The van der Waals surface area contributed by atoms with E-state index in [4.69, 9.17) is 0 Å². The molecule has 2 rings (SSSR count). The van der Waals surface area contributed by atoms with Gasteiger partial charge in [-0.15, -0.1) is 0 Å². The molecule has 3 N–H and O–H groups in total. The minimum Gasteiger partial charge on any atom is -0.372 e. The zero-order valence-corrected chi connectivity index (χ0v) is 8.95. The highest BCUT2D eigenvalue weighted by Crippen LogP contribution is 2.21. The smallest absolute Gasteiger partial charge is 0.0366 e. The van der Waals surface area contributed by atoms with Crippen molar-refractivity contribution >= 4 is 5.69 Å². The van der Waals surface area contributed by atoms with Crippen LogP contribution in [-0.2, 0) is 0 Å². The van der Waals surface area contributed by atoms with Gasteiger partial charge in [0.15, 0.2) is 0 Å². The van der Waals surface area contributed by atoms with Crippen molar-refractivity contribution in [1.29, 1.82) is 0 Å². The van der Waals surface area contributed by atoms with Crippen LogP contribution in [0, 0.1) is 5.92 Å². The van der Waals surface area contributed by atoms with E-state index in [-0.39, 0.29) is 6.15 Å². The van der Waals surface area contributed by atoms with Crippen molar-refractivity contribution in [1.82, 2.24) is 6.15 Å². The molecule has 0 spiro atoms. The molecular weight excluding hydrogens is 172 g/mol. The van der Waals surface area contributed by atoms with E-state index < -0.39 is 0 Å². The Morgan fingerprint density at radius 3 is 2.21 bits per heavy atom. The molecule has 0 atom stereocenters. The average Bonchev–Trinajstić information content (AvgIpc) is 2.20.